The lowest BCUT2D eigenvalue weighted by Gasteiger charge is -2.17. The number of likely N-dealkylation sites (tertiary alicyclic amines) is 1. The van der Waals surface area contributed by atoms with Gasteiger partial charge >= 0.3 is 5.97 Å². The van der Waals surface area contributed by atoms with Crippen LogP contribution < -0.4 is 0 Å². The topological polar surface area (TPSA) is 66.8 Å². The lowest BCUT2D eigenvalue weighted by Crippen LogP contribution is -2.30. The minimum atomic E-state index is -0.836. The number of hydrogen-bond donors (Lipinski definition) is 1. The van der Waals surface area contributed by atoms with Crippen molar-refractivity contribution in [3.05, 3.63) is 35.9 Å². The van der Waals surface area contributed by atoms with Crippen LogP contribution in [0, 0.1) is 5.92 Å². The smallest absolute Gasteiger partial charge is 0.308 e. The molecule has 1 amide bonds. The number of nitrogens with zero attached hydrogens (tertiary/aromatic N) is 1. The van der Waals surface area contributed by atoms with Crippen molar-refractivity contribution >= 4 is 11.9 Å². The normalized spacial score (nSPS) is 20.9. The van der Waals surface area contributed by atoms with Crippen molar-refractivity contribution in [3.8, 4) is 0 Å². The van der Waals surface area contributed by atoms with Crippen molar-refractivity contribution < 1.29 is 19.4 Å². The van der Waals surface area contributed by atoms with E-state index in [-0.39, 0.29) is 17.9 Å². The standard InChI is InChI=1S/C18H25NO4/c1-13(2)23-10-6-9-17(20)19-11-15(16(12-19)18(21)22)14-7-4-3-5-8-14/h3-5,7-8,13,15-16H,6,9-12H2,1-2H3,(H,21,22). The van der Waals surface area contributed by atoms with Crippen LogP contribution in [0.15, 0.2) is 30.3 Å². The van der Waals surface area contributed by atoms with Crippen LogP contribution in [0.2, 0.25) is 0 Å². The summed E-state index contributed by atoms with van der Waals surface area (Å²) in [7, 11) is 0. The van der Waals surface area contributed by atoms with Crippen LogP contribution in [0.5, 0.6) is 0 Å². The highest BCUT2D eigenvalue weighted by atomic mass is 16.5. The van der Waals surface area contributed by atoms with Gasteiger partial charge in [-0.15, -0.1) is 0 Å². The summed E-state index contributed by atoms with van der Waals surface area (Å²) in [4.78, 5) is 25.5. The van der Waals surface area contributed by atoms with E-state index in [1.807, 2.05) is 44.2 Å². The third kappa shape index (κ3) is 4.79. The van der Waals surface area contributed by atoms with E-state index in [0.717, 1.165) is 5.56 Å². The SMILES string of the molecule is CC(C)OCCCC(=O)N1CC(C(=O)O)C(c2ccccc2)C1. The fourth-order valence-corrected chi connectivity index (χ4v) is 3.00. The number of carboxylic acids is 1. The number of carbonyl (C=O) groups is 2. The molecule has 23 heavy (non-hydrogen) atoms. The Hall–Kier alpha value is -1.88. The van der Waals surface area contributed by atoms with E-state index in [4.69, 9.17) is 4.74 Å². The largest absolute Gasteiger partial charge is 0.481 e. The summed E-state index contributed by atoms with van der Waals surface area (Å²) >= 11 is 0. The predicted molar refractivity (Wildman–Crippen MR) is 87.2 cm³/mol. The Morgan fingerprint density at radius 3 is 2.57 bits per heavy atom. The molecule has 1 aliphatic heterocycles. The second kappa shape index (κ2) is 8.11. The van der Waals surface area contributed by atoms with Gasteiger partial charge in [-0.05, 0) is 25.8 Å². The predicted octanol–water partition coefficient (Wildman–Crippen LogP) is 2.52. The first-order chi connectivity index (χ1) is 11.0. The van der Waals surface area contributed by atoms with Crippen molar-refractivity contribution in [3.63, 3.8) is 0 Å². The first-order valence-corrected chi connectivity index (χ1v) is 8.16. The Kier molecular flexibility index (Phi) is 6.16. The van der Waals surface area contributed by atoms with E-state index < -0.39 is 11.9 Å². The van der Waals surface area contributed by atoms with Gasteiger partial charge in [-0.1, -0.05) is 30.3 Å². The molecule has 126 valence electrons. The first-order valence-electron chi connectivity index (χ1n) is 8.16. The molecule has 0 bridgehead atoms. The lowest BCUT2D eigenvalue weighted by atomic mass is 9.89. The number of ether oxygens (including phenoxy) is 1. The molecule has 2 rings (SSSR count). The molecule has 0 aromatic heterocycles. The van der Waals surface area contributed by atoms with Gasteiger partial charge in [-0.3, -0.25) is 9.59 Å². The van der Waals surface area contributed by atoms with Crippen molar-refractivity contribution in [1.29, 1.82) is 0 Å². The average molecular weight is 319 g/mol. The van der Waals surface area contributed by atoms with Crippen LogP contribution in [0.4, 0.5) is 0 Å². The van der Waals surface area contributed by atoms with Gasteiger partial charge in [0, 0.05) is 32.0 Å². The summed E-state index contributed by atoms with van der Waals surface area (Å²) in [5.41, 5.74) is 0.985. The summed E-state index contributed by atoms with van der Waals surface area (Å²) in [6, 6.07) is 9.59. The highest BCUT2D eigenvalue weighted by Crippen LogP contribution is 2.33. The number of aliphatic carboxylic acids is 1. The summed E-state index contributed by atoms with van der Waals surface area (Å²) in [6.45, 7) is 5.25. The Labute approximate surface area is 137 Å². The third-order valence-electron chi connectivity index (χ3n) is 4.20. The minimum absolute atomic E-state index is 0.0158. The fourth-order valence-electron chi connectivity index (χ4n) is 3.00. The summed E-state index contributed by atoms with van der Waals surface area (Å²) in [6.07, 6.45) is 1.23. The molecule has 5 heteroatoms. The van der Waals surface area contributed by atoms with Gasteiger partial charge in [-0.25, -0.2) is 0 Å². The summed E-state index contributed by atoms with van der Waals surface area (Å²) < 4.78 is 5.44. The fraction of sp³-hybridized carbons (Fsp3) is 0.556. The Morgan fingerprint density at radius 2 is 1.96 bits per heavy atom. The molecule has 2 atom stereocenters. The second-order valence-corrected chi connectivity index (χ2v) is 6.28. The van der Waals surface area contributed by atoms with Gasteiger partial charge in [0.2, 0.25) is 5.91 Å². The quantitative estimate of drug-likeness (QED) is 0.784. The number of rotatable bonds is 7. The van der Waals surface area contributed by atoms with Gasteiger partial charge in [0.15, 0.2) is 0 Å². The van der Waals surface area contributed by atoms with Crippen molar-refractivity contribution in [2.75, 3.05) is 19.7 Å². The Balaban J connectivity index is 1.94. The molecule has 1 aromatic carbocycles. The minimum Gasteiger partial charge on any atom is -0.481 e. The van der Waals surface area contributed by atoms with Crippen LogP contribution >= 0.6 is 0 Å². The molecule has 5 nitrogen and oxygen atoms in total. The van der Waals surface area contributed by atoms with E-state index in [0.29, 0.717) is 32.5 Å². The van der Waals surface area contributed by atoms with E-state index >= 15 is 0 Å². The molecule has 1 aromatic rings. The van der Waals surface area contributed by atoms with E-state index in [9.17, 15) is 14.7 Å². The van der Waals surface area contributed by atoms with Gasteiger partial charge in [0.05, 0.1) is 12.0 Å². The van der Waals surface area contributed by atoms with Gasteiger partial charge in [-0.2, -0.15) is 0 Å². The molecule has 2 unspecified atom stereocenters. The molecular weight excluding hydrogens is 294 g/mol. The molecule has 1 heterocycles. The van der Waals surface area contributed by atoms with Crippen molar-refractivity contribution in [2.24, 2.45) is 5.92 Å². The molecule has 0 saturated carbocycles. The maximum atomic E-state index is 12.3. The number of carboxylic acid groups (broad SMARTS) is 1. The van der Waals surface area contributed by atoms with Gasteiger partial charge < -0.3 is 14.7 Å². The van der Waals surface area contributed by atoms with Crippen LogP contribution in [-0.4, -0.2) is 47.7 Å². The van der Waals surface area contributed by atoms with Crippen LogP contribution in [0.25, 0.3) is 0 Å². The zero-order valence-electron chi connectivity index (χ0n) is 13.8. The maximum Gasteiger partial charge on any atom is 0.308 e. The summed E-state index contributed by atoms with van der Waals surface area (Å²) in [5, 5.41) is 9.46. The monoisotopic (exact) mass is 319 g/mol. The van der Waals surface area contributed by atoms with E-state index in [1.165, 1.54) is 0 Å². The van der Waals surface area contributed by atoms with Gasteiger partial charge in [0.25, 0.3) is 0 Å². The maximum absolute atomic E-state index is 12.3. The molecule has 1 saturated heterocycles. The zero-order chi connectivity index (χ0) is 16.8. The van der Waals surface area contributed by atoms with E-state index in [1.54, 1.807) is 4.90 Å². The molecule has 0 aliphatic carbocycles. The second-order valence-electron chi connectivity index (χ2n) is 6.28. The van der Waals surface area contributed by atoms with Gasteiger partial charge in [0.1, 0.15) is 0 Å². The van der Waals surface area contributed by atoms with Crippen molar-refractivity contribution in [1.82, 2.24) is 4.90 Å². The highest BCUT2D eigenvalue weighted by Gasteiger charge is 2.40. The number of amides is 1. The van der Waals surface area contributed by atoms with Crippen molar-refractivity contribution in [2.45, 2.75) is 38.7 Å². The molecule has 1 N–H and O–H groups in total. The van der Waals surface area contributed by atoms with Crippen LogP contribution in [0.3, 0.4) is 0 Å². The Morgan fingerprint density at radius 1 is 1.26 bits per heavy atom. The molecular formula is C18H25NO4. The highest BCUT2D eigenvalue weighted by molar-refractivity contribution is 5.79. The summed E-state index contributed by atoms with van der Waals surface area (Å²) in [5.74, 6) is -1.49. The third-order valence-corrected chi connectivity index (χ3v) is 4.20. The Bertz CT molecular complexity index is 529. The number of carbonyl (C=O) groups excluding carboxylic acids is 1. The zero-order valence-corrected chi connectivity index (χ0v) is 13.8. The molecule has 1 fully saturated rings. The number of hydrogen-bond acceptors (Lipinski definition) is 3. The molecule has 1 aliphatic rings. The van der Waals surface area contributed by atoms with E-state index in [2.05, 4.69) is 0 Å². The molecule has 0 radical (unpaired) electrons. The first kappa shape index (κ1) is 17.5. The average Bonchev–Trinajstić information content (AvgIpc) is 2.97. The van der Waals surface area contributed by atoms with Crippen LogP contribution in [-0.2, 0) is 14.3 Å². The molecule has 0 spiro atoms. The lowest BCUT2D eigenvalue weighted by molar-refractivity contribution is -0.141. The number of benzene rings is 1. The van der Waals surface area contributed by atoms with Crippen LogP contribution in [0.1, 0.15) is 38.2 Å².